The molecule has 162 valence electrons. The second-order valence-corrected chi connectivity index (χ2v) is 8.88. The quantitative estimate of drug-likeness (QED) is 0.489. The summed E-state index contributed by atoms with van der Waals surface area (Å²) >= 11 is 2.73. The fourth-order valence-corrected chi connectivity index (χ4v) is 4.58. The van der Waals surface area contributed by atoms with Gasteiger partial charge in [-0.1, -0.05) is 41.3 Å². The summed E-state index contributed by atoms with van der Waals surface area (Å²) in [6.45, 7) is 3.02. The van der Waals surface area contributed by atoms with Gasteiger partial charge in [0.15, 0.2) is 15.8 Å². The van der Waals surface area contributed by atoms with E-state index in [1.54, 1.807) is 7.11 Å². The van der Waals surface area contributed by atoms with E-state index in [1.807, 2.05) is 49.4 Å². The van der Waals surface area contributed by atoms with Gasteiger partial charge in [-0.05, 0) is 36.8 Å². The van der Waals surface area contributed by atoms with Gasteiger partial charge in [-0.25, -0.2) is 0 Å². The van der Waals surface area contributed by atoms with Crippen LogP contribution < -0.4 is 24.8 Å². The van der Waals surface area contributed by atoms with Crippen molar-refractivity contribution >= 4 is 39.8 Å². The number of hydrogen-bond acceptors (Lipinski definition) is 9. The molecule has 3 aromatic rings. The predicted molar refractivity (Wildman–Crippen MR) is 121 cm³/mol. The summed E-state index contributed by atoms with van der Waals surface area (Å²) in [6.07, 6.45) is 0. The van der Waals surface area contributed by atoms with Crippen LogP contribution in [0.2, 0.25) is 0 Å². The Hall–Kier alpha value is -2.98. The lowest BCUT2D eigenvalue weighted by molar-refractivity contribution is -0.119. The van der Waals surface area contributed by atoms with Gasteiger partial charge in [-0.3, -0.25) is 4.79 Å². The molecule has 1 aliphatic rings. The van der Waals surface area contributed by atoms with Crippen molar-refractivity contribution in [3.63, 3.8) is 0 Å². The monoisotopic (exact) mass is 458 g/mol. The summed E-state index contributed by atoms with van der Waals surface area (Å²) in [7, 11) is 1.62. The van der Waals surface area contributed by atoms with Crippen LogP contribution in [0, 0.1) is 0 Å². The predicted octanol–water partition coefficient (Wildman–Crippen LogP) is 4.03. The van der Waals surface area contributed by atoms with Crippen LogP contribution in [0.15, 0.2) is 46.8 Å². The van der Waals surface area contributed by atoms with E-state index in [4.69, 9.17) is 14.2 Å². The summed E-state index contributed by atoms with van der Waals surface area (Å²) in [5.41, 5.74) is 1.77. The molecule has 0 spiro atoms. The molecule has 1 amide bonds. The number of anilines is 2. The van der Waals surface area contributed by atoms with Crippen LogP contribution in [-0.2, 0) is 4.79 Å². The fourth-order valence-electron chi connectivity index (χ4n) is 3.00. The van der Waals surface area contributed by atoms with Gasteiger partial charge >= 0.3 is 0 Å². The molecule has 10 heteroatoms. The molecular weight excluding hydrogens is 436 g/mol. The third kappa shape index (κ3) is 5.39. The summed E-state index contributed by atoms with van der Waals surface area (Å²) in [5, 5.41) is 15.1. The maximum atomic E-state index is 12.4. The summed E-state index contributed by atoms with van der Waals surface area (Å²) in [6, 6.07) is 13.1. The second-order valence-electron chi connectivity index (χ2n) is 6.68. The van der Waals surface area contributed by atoms with Crippen LogP contribution in [0.25, 0.3) is 0 Å². The van der Waals surface area contributed by atoms with E-state index in [1.165, 1.54) is 23.1 Å². The average molecular weight is 459 g/mol. The molecule has 1 unspecified atom stereocenters. The van der Waals surface area contributed by atoms with Crippen LogP contribution in [-0.4, -0.2) is 42.2 Å². The number of para-hydroxylation sites is 2. The molecule has 0 fully saturated rings. The standard InChI is InChI=1S/C21H22N4O4S2/c1-13(14-7-8-17-18(11-14)29-10-9-28-17)22-19(26)12-30-21-25-24-20(31-21)23-15-5-3-4-6-16(15)27-2/h3-8,11,13H,9-10,12H2,1-2H3,(H,22,26)(H,23,24). The zero-order valence-corrected chi connectivity index (χ0v) is 18.7. The lowest BCUT2D eigenvalue weighted by Crippen LogP contribution is -2.28. The van der Waals surface area contributed by atoms with E-state index in [2.05, 4.69) is 20.8 Å². The lowest BCUT2D eigenvalue weighted by Gasteiger charge is -2.21. The first kappa shape index (κ1) is 21.3. The second kappa shape index (κ2) is 9.88. The summed E-state index contributed by atoms with van der Waals surface area (Å²) < 4.78 is 17.2. The van der Waals surface area contributed by atoms with Crippen molar-refractivity contribution in [2.75, 3.05) is 31.4 Å². The van der Waals surface area contributed by atoms with Crippen LogP contribution in [0.5, 0.6) is 17.2 Å². The van der Waals surface area contributed by atoms with Crippen molar-refractivity contribution in [2.45, 2.75) is 17.3 Å². The third-order valence-electron chi connectivity index (χ3n) is 4.53. The molecule has 0 saturated heterocycles. The van der Waals surface area contributed by atoms with Crippen molar-refractivity contribution < 1.29 is 19.0 Å². The number of nitrogens with zero attached hydrogens (tertiary/aromatic N) is 2. The minimum absolute atomic E-state index is 0.0816. The minimum atomic E-state index is -0.152. The molecule has 1 aromatic heterocycles. The van der Waals surface area contributed by atoms with E-state index >= 15 is 0 Å². The van der Waals surface area contributed by atoms with Crippen molar-refractivity contribution in [3.8, 4) is 17.2 Å². The summed E-state index contributed by atoms with van der Waals surface area (Å²) in [5.74, 6) is 2.33. The highest BCUT2D eigenvalue weighted by molar-refractivity contribution is 8.01. The molecule has 0 aliphatic carbocycles. The first-order valence-corrected chi connectivity index (χ1v) is 11.5. The number of carbonyl (C=O) groups is 1. The first-order chi connectivity index (χ1) is 15.1. The zero-order valence-electron chi connectivity index (χ0n) is 17.1. The number of nitrogens with one attached hydrogen (secondary N) is 2. The Bertz CT molecular complexity index is 1060. The average Bonchev–Trinajstić information content (AvgIpc) is 3.25. The Morgan fingerprint density at radius 3 is 2.84 bits per heavy atom. The number of thioether (sulfide) groups is 1. The molecule has 2 heterocycles. The molecule has 2 N–H and O–H groups in total. The Morgan fingerprint density at radius 2 is 2.00 bits per heavy atom. The molecule has 0 radical (unpaired) electrons. The number of aromatic nitrogens is 2. The van der Waals surface area contributed by atoms with Crippen molar-refractivity contribution in [1.29, 1.82) is 0 Å². The Balaban J connectivity index is 1.29. The number of hydrogen-bond donors (Lipinski definition) is 2. The van der Waals surface area contributed by atoms with Crippen LogP contribution in [0.4, 0.5) is 10.8 Å². The molecule has 1 atom stereocenters. The molecule has 0 bridgehead atoms. The highest BCUT2D eigenvalue weighted by atomic mass is 32.2. The first-order valence-electron chi connectivity index (χ1n) is 9.67. The number of rotatable bonds is 8. The minimum Gasteiger partial charge on any atom is -0.495 e. The highest BCUT2D eigenvalue weighted by Crippen LogP contribution is 2.33. The van der Waals surface area contributed by atoms with Gasteiger partial charge in [0.25, 0.3) is 0 Å². The maximum Gasteiger partial charge on any atom is 0.230 e. The topological polar surface area (TPSA) is 94.6 Å². The Labute approximate surface area is 188 Å². The van der Waals surface area contributed by atoms with Crippen LogP contribution in [0.1, 0.15) is 18.5 Å². The van der Waals surface area contributed by atoms with Gasteiger partial charge < -0.3 is 24.8 Å². The Morgan fingerprint density at radius 1 is 1.19 bits per heavy atom. The van der Waals surface area contributed by atoms with Gasteiger partial charge in [0, 0.05) is 0 Å². The highest BCUT2D eigenvalue weighted by Gasteiger charge is 2.16. The molecule has 1 aliphatic heterocycles. The Kier molecular flexibility index (Phi) is 6.78. The molecule has 4 rings (SSSR count). The van der Waals surface area contributed by atoms with Crippen molar-refractivity contribution in [3.05, 3.63) is 48.0 Å². The molecule has 8 nitrogen and oxygen atoms in total. The molecule has 2 aromatic carbocycles. The zero-order chi connectivity index (χ0) is 21.6. The number of ether oxygens (including phenoxy) is 3. The number of amides is 1. The maximum absolute atomic E-state index is 12.4. The normalized spacial score (nSPS) is 13.4. The molecule has 0 saturated carbocycles. The lowest BCUT2D eigenvalue weighted by atomic mass is 10.1. The number of carbonyl (C=O) groups excluding carboxylic acids is 1. The van der Waals surface area contributed by atoms with Gasteiger partial charge in [0.05, 0.1) is 24.6 Å². The van der Waals surface area contributed by atoms with Gasteiger partial charge in [-0.2, -0.15) is 0 Å². The van der Waals surface area contributed by atoms with Gasteiger partial charge in [0.2, 0.25) is 11.0 Å². The van der Waals surface area contributed by atoms with E-state index in [0.717, 1.165) is 22.7 Å². The van der Waals surface area contributed by atoms with Crippen LogP contribution >= 0.6 is 23.1 Å². The fraction of sp³-hybridized carbons (Fsp3) is 0.286. The number of methoxy groups -OCH3 is 1. The van der Waals surface area contributed by atoms with E-state index in [9.17, 15) is 4.79 Å². The SMILES string of the molecule is COc1ccccc1Nc1nnc(SCC(=O)NC(C)c2ccc3c(c2)OCCO3)s1. The largest absolute Gasteiger partial charge is 0.495 e. The number of benzene rings is 2. The van der Waals surface area contributed by atoms with Crippen molar-refractivity contribution in [1.82, 2.24) is 15.5 Å². The third-order valence-corrected chi connectivity index (χ3v) is 6.50. The van der Waals surface area contributed by atoms with E-state index in [-0.39, 0.29) is 17.7 Å². The smallest absolute Gasteiger partial charge is 0.230 e. The molecule has 31 heavy (non-hydrogen) atoms. The number of fused-ring (bicyclic) bond motifs is 1. The van der Waals surface area contributed by atoms with Gasteiger partial charge in [0.1, 0.15) is 19.0 Å². The molecular formula is C21H22N4O4S2. The summed E-state index contributed by atoms with van der Waals surface area (Å²) in [4.78, 5) is 12.4. The van der Waals surface area contributed by atoms with Crippen LogP contribution in [0.3, 0.4) is 0 Å². The van der Waals surface area contributed by atoms with E-state index in [0.29, 0.717) is 28.4 Å². The van der Waals surface area contributed by atoms with Crippen molar-refractivity contribution in [2.24, 2.45) is 0 Å². The van der Waals surface area contributed by atoms with E-state index < -0.39 is 0 Å². The van der Waals surface area contributed by atoms with Gasteiger partial charge in [-0.15, -0.1) is 10.2 Å².